The molecule has 0 aliphatic carbocycles. The van der Waals surface area contributed by atoms with E-state index in [1.54, 1.807) is 24.3 Å². The Kier molecular flexibility index (Phi) is 7.47. The molecule has 0 aliphatic rings. The zero-order valence-electron chi connectivity index (χ0n) is 13.9. The first-order valence-corrected chi connectivity index (χ1v) is 9.03. The van der Waals surface area contributed by atoms with E-state index in [0.717, 1.165) is 23.7 Å². The first kappa shape index (κ1) is 19.0. The maximum absolute atomic E-state index is 12.0. The molecule has 2 aromatic rings. The van der Waals surface area contributed by atoms with Crippen LogP contribution in [0.2, 0.25) is 0 Å². The standard InChI is InChI=1S/C19H22BrN3O2/c20-15-8-6-7-14(13-15)19(25)22-12-5-1-2-11-18(24)23-17-10-4-3-9-16(17)21/h3-4,6-10,13H,1-2,5,11-12,21H2,(H,22,25)(H,23,24). The molecule has 2 aromatic carbocycles. The van der Waals surface area contributed by atoms with Gasteiger partial charge in [0.2, 0.25) is 5.91 Å². The van der Waals surface area contributed by atoms with Crippen LogP contribution in [0.25, 0.3) is 0 Å². The summed E-state index contributed by atoms with van der Waals surface area (Å²) in [4.78, 5) is 23.8. The minimum absolute atomic E-state index is 0.0453. The lowest BCUT2D eigenvalue weighted by Crippen LogP contribution is -2.24. The molecular weight excluding hydrogens is 382 g/mol. The van der Waals surface area contributed by atoms with Crippen molar-refractivity contribution in [3.05, 3.63) is 58.6 Å². The number of hydrogen-bond acceptors (Lipinski definition) is 3. The average molecular weight is 404 g/mol. The number of halogens is 1. The molecule has 0 aromatic heterocycles. The summed E-state index contributed by atoms with van der Waals surface area (Å²) < 4.78 is 0.880. The summed E-state index contributed by atoms with van der Waals surface area (Å²) in [6.07, 6.45) is 2.91. The van der Waals surface area contributed by atoms with Gasteiger partial charge in [0.15, 0.2) is 0 Å². The Balaban J connectivity index is 1.59. The molecule has 0 saturated heterocycles. The maximum atomic E-state index is 12.0. The van der Waals surface area contributed by atoms with Gasteiger partial charge < -0.3 is 16.4 Å². The third-order valence-electron chi connectivity index (χ3n) is 3.69. The summed E-state index contributed by atoms with van der Waals surface area (Å²) in [6, 6.07) is 14.5. The highest BCUT2D eigenvalue weighted by atomic mass is 79.9. The molecule has 5 nitrogen and oxygen atoms in total. The number of carbonyl (C=O) groups is 2. The lowest BCUT2D eigenvalue weighted by Gasteiger charge is -2.08. The SMILES string of the molecule is Nc1ccccc1NC(=O)CCCCCNC(=O)c1cccc(Br)c1. The van der Waals surface area contributed by atoms with Crippen molar-refractivity contribution in [3.8, 4) is 0 Å². The van der Waals surface area contributed by atoms with Crippen molar-refractivity contribution in [1.82, 2.24) is 5.32 Å². The largest absolute Gasteiger partial charge is 0.397 e. The molecule has 4 N–H and O–H groups in total. The summed E-state index contributed by atoms with van der Waals surface area (Å²) in [5.41, 5.74) is 7.63. The number of unbranched alkanes of at least 4 members (excludes halogenated alkanes) is 2. The number of nitrogen functional groups attached to an aromatic ring is 1. The number of carbonyl (C=O) groups excluding carboxylic acids is 2. The first-order valence-electron chi connectivity index (χ1n) is 8.24. The van der Waals surface area contributed by atoms with Crippen LogP contribution in [0.4, 0.5) is 11.4 Å². The lowest BCUT2D eigenvalue weighted by atomic mass is 10.1. The van der Waals surface area contributed by atoms with Crippen LogP contribution in [0, 0.1) is 0 Å². The van der Waals surface area contributed by atoms with E-state index in [2.05, 4.69) is 26.6 Å². The van der Waals surface area contributed by atoms with Crippen molar-refractivity contribution in [2.75, 3.05) is 17.6 Å². The van der Waals surface area contributed by atoms with Crippen molar-refractivity contribution >= 4 is 39.1 Å². The van der Waals surface area contributed by atoms with Crippen molar-refractivity contribution in [1.29, 1.82) is 0 Å². The van der Waals surface area contributed by atoms with Gasteiger partial charge in [-0.3, -0.25) is 9.59 Å². The van der Waals surface area contributed by atoms with Gasteiger partial charge in [0.1, 0.15) is 0 Å². The van der Waals surface area contributed by atoms with Gasteiger partial charge in [-0.2, -0.15) is 0 Å². The lowest BCUT2D eigenvalue weighted by molar-refractivity contribution is -0.116. The van der Waals surface area contributed by atoms with Gasteiger partial charge in [-0.15, -0.1) is 0 Å². The van der Waals surface area contributed by atoms with E-state index in [1.807, 2.05) is 24.3 Å². The minimum atomic E-state index is -0.0846. The summed E-state index contributed by atoms with van der Waals surface area (Å²) >= 11 is 3.35. The smallest absolute Gasteiger partial charge is 0.251 e. The molecule has 132 valence electrons. The Hall–Kier alpha value is -2.34. The second-order valence-corrected chi connectivity index (χ2v) is 6.63. The molecule has 0 fully saturated rings. The van der Waals surface area contributed by atoms with Crippen LogP contribution in [0.1, 0.15) is 36.0 Å². The van der Waals surface area contributed by atoms with Crippen LogP contribution in [-0.4, -0.2) is 18.4 Å². The third kappa shape index (κ3) is 6.58. The highest BCUT2D eigenvalue weighted by Crippen LogP contribution is 2.17. The maximum Gasteiger partial charge on any atom is 0.251 e. The molecule has 0 bridgehead atoms. The molecule has 2 amide bonds. The van der Waals surface area contributed by atoms with Gasteiger partial charge in [-0.25, -0.2) is 0 Å². The molecule has 6 heteroatoms. The van der Waals surface area contributed by atoms with E-state index in [-0.39, 0.29) is 11.8 Å². The van der Waals surface area contributed by atoms with Gasteiger partial charge >= 0.3 is 0 Å². The Bertz CT molecular complexity index is 734. The number of anilines is 2. The fourth-order valence-corrected chi connectivity index (χ4v) is 2.74. The average Bonchev–Trinajstić information content (AvgIpc) is 2.60. The van der Waals surface area contributed by atoms with Gasteiger partial charge in [-0.05, 0) is 43.2 Å². The molecule has 0 radical (unpaired) electrons. The van der Waals surface area contributed by atoms with Crippen LogP contribution < -0.4 is 16.4 Å². The van der Waals surface area contributed by atoms with Crippen molar-refractivity contribution in [3.63, 3.8) is 0 Å². The summed E-state index contributed by atoms with van der Waals surface area (Å²) in [5.74, 6) is -0.130. The molecule has 0 aliphatic heterocycles. The molecular formula is C19H22BrN3O2. The number of rotatable bonds is 8. The Labute approximate surface area is 156 Å². The van der Waals surface area contributed by atoms with E-state index in [0.29, 0.717) is 29.9 Å². The second-order valence-electron chi connectivity index (χ2n) is 5.71. The molecule has 0 atom stereocenters. The topological polar surface area (TPSA) is 84.2 Å². The zero-order valence-corrected chi connectivity index (χ0v) is 15.5. The predicted octanol–water partition coefficient (Wildman–Crippen LogP) is 3.96. The number of amides is 2. The molecule has 0 unspecified atom stereocenters. The van der Waals surface area contributed by atoms with E-state index >= 15 is 0 Å². The van der Waals surface area contributed by atoms with Crippen LogP contribution in [0.15, 0.2) is 53.0 Å². The summed E-state index contributed by atoms with van der Waals surface area (Å²) in [6.45, 7) is 0.596. The second kappa shape index (κ2) is 9.84. The van der Waals surface area contributed by atoms with Gasteiger partial charge in [-0.1, -0.05) is 40.5 Å². The third-order valence-corrected chi connectivity index (χ3v) is 4.18. The zero-order chi connectivity index (χ0) is 18.1. The minimum Gasteiger partial charge on any atom is -0.397 e. The highest BCUT2D eigenvalue weighted by molar-refractivity contribution is 9.10. The van der Waals surface area contributed by atoms with Crippen molar-refractivity contribution < 1.29 is 9.59 Å². The van der Waals surface area contributed by atoms with E-state index < -0.39 is 0 Å². The summed E-state index contributed by atoms with van der Waals surface area (Å²) in [7, 11) is 0. The fraction of sp³-hybridized carbons (Fsp3) is 0.263. The Morgan fingerprint density at radius 2 is 1.80 bits per heavy atom. The van der Waals surface area contributed by atoms with Crippen LogP contribution in [0.5, 0.6) is 0 Å². The molecule has 0 saturated carbocycles. The highest BCUT2D eigenvalue weighted by Gasteiger charge is 2.06. The summed E-state index contributed by atoms with van der Waals surface area (Å²) in [5, 5.41) is 5.69. The van der Waals surface area contributed by atoms with Crippen LogP contribution in [0.3, 0.4) is 0 Å². The number of hydrogen-bond donors (Lipinski definition) is 3. The Morgan fingerprint density at radius 3 is 2.56 bits per heavy atom. The number of para-hydroxylation sites is 2. The quantitative estimate of drug-likeness (QED) is 0.460. The fourth-order valence-electron chi connectivity index (χ4n) is 2.34. The van der Waals surface area contributed by atoms with Crippen molar-refractivity contribution in [2.45, 2.75) is 25.7 Å². The van der Waals surface area contributed by atoms with Crippen LogP contribution in [-0.2, 0) is 4.79 Å². The van der Waals surface area contributed by atoms with Gasteiger partial charge in [0.25, 0.3) is 5.91 Å². The van der Waals surface area contributed by atoms with E-state index in [9.17, 15) is 9.59 Å². The number of nitrogens with one attached hydrogen (secondary N) is 2. The molecule has 25 heavy (non-hydrogen) atoms. The number of benzene rings is 2. The first-order chi connectivity index (χ1) is 12.1. The molecule has 0 heterocycles. The Morgan fingerprint density at radius 1 is 1.00 bits per heavy atom. The molecule has 2 rings (SSSR count). The van der Waals surface area contributed by atoms with E-state index in [1.165, 1.54) is 0 Å². The van der Waals surface area contributed by atoms with Crippen molar-refractivity contribution in [2.24, 2.45) is 0 Å². The van der Waals surface area contributed by atoms with Gasteiger partial charge in [0, 0.05) is 23.0 Å². The van der Waals surface area contributed by atoms with Gasteiger partial charge in [0.05, 0.1) is 11.4 Å². The molecule has 0 spiro atoms. The predicted molar refractivity (Wildman–Crippen MR) is 104 cm³/mol. The van der Waals surface area contributed by atoms with Crippen LogP contribution >= 0.6 is 15.9 Å². The normalized spacial score (nSPS) is 10.3. The number of nitrogens with two attached hydrogens (primary N) is 1. The monoisotopic (exact) mass is 403 g/mol. The van der Waals surface area contributed by atoms with E-state index in [4.69, 9.17) is 5.73 Å².